The van der Waals surface area contributed by atoms with Gasteiger partial charge in [0.15, 0.2) is 0 Å². The highest BCUT2D eigenvalue weighted by atomic mass is 79.9. The second-order valence-electron chi connectivity index (χ2n) is 6.12. The van der Waals surface area contributed by atoms with Crippen LogP contribution in [0.15, 0.2) is 71.2 Å². The minimum Gasteiger partial charge on any atom is -0.461 e. The van der Waals surface area contributed by atoms with Gasteiger partial charge in [0.05, 0.1) is 0 Å². The largest absolute Gasteiger partial charge is 0.461 e. The van der Waals surface area contributed by atoms with Gasteiger partial charge < -0.3 is 9.47 Å². The van der Waals surface area contributed by atoms with Gasteiger partial charge in [-0.05, 0) is 53.1 Å². The molecule has 0 saturated carbocycles. The van der Waals surface area contributed by atoms with Gasteiger partial charge in [-0.1, -0.05) is 52.3 Å². The molecule has 0 atom stereocenters. The number of esters is 2. The zero-order valence-corrected chi connectivity index (χ0v) is 16.3. The molecule has 0 aromatic heterocycles. The van der Waals surface area contributed by atoms with Crippen molar-refractivity contribution in [3.63, 3.8) is 0 Å². The first-order valence-electron chi connectivity index (χ1n) is 8.70. The van der Waals surface area contributed by atoms with Crippen LogP contribution >= 0.6 is 15.9 Å². The SMILES string of the molecule is O=C(CCCC(=O)Oc1ccc(Br)cc1)OCc1ccc2ccccc2c1. The molecule has 3 aromatic rings. The number of halogens is 1. The van der Waals surface area contributed by atoms with Gasteiger partial charge in [-0.2, -0.15) is 0 Å². The Labute approximate surface area is 166 Å². The molecule has 0 aliphatic carbocycles. The van der Waals surface area contributed by atoms with E-state index in [-0.39, 0.29) is 31.4 Å². The molecule has 0 saturated heterocycles. The molecule has 0 spiro atoms. The first-order valence-corrected chi connectivity index (χ1v) is 9.49. The third kappa shape index (κ3) is 5.93. The lowest BCUT2D eigenvalue weighted by molar-refractivity contribution is -0.145. The highest BCUT2D eigenvalue weighted by Gasteiger charge is 2.09. The van der Waals surface area contributed by atoms with E-state index in [1.165, 1.54) is 0 Å². The average Bonchev–Trinajstić information content (AvgIpc) is 2.68. The lowest BCUT2D eigenvalue weighted by Crippen LogP contribution is -2.10. The van der Waals surface area contributed by atoms with E-state index in [1.807, 2.05) is 42.5 Å². The van der Waals surface area contributed by atoms with E-state index >= 15 is 0 Å². The van der Waals surface area contributed by atoms with Crippen molar-refractivity contribution in [3.8, 4) is 5.75 Å². The standard InChI is InChI=1S/C22H19BrO4/c23-19-10-12-20(13-11-19)27-22(25)7-3-6-21(24)26-15-16-8-9-17-4-1-2-5-18(17)14-16/h1-2,4-5,8-14H,3,6-7,15H2. The molecule has 0 unspecified atom stereocenters. The van der Waals surface area contributed by atoms with Gasteiger partial charge in [-0.3, -0.25) is 9.59 Å². The molecule has 5 heteroatoms. The first-order chi connectivity index (χ1) is 13.1. The predicted octanol–water partition coefficient (Wildman–Crippen LogP) is 5.42. The minimum absolute atomic E-state index is 0.168. The Bertz CT molecular complexity index is 934. The zero-order valence-electron chi connectivity index (χ0n) is 14.7. The Kier molecular flexibility index (Phi) is 6.60. The van der Waals surface area contributed by atoms with Gasteiger partial charge in [0.1, 0.15) is 12.4 Å². The van der Waals surface area contributed by atoms with Crippen LogP contribution in [0, 0.1) is 0 Å². The van der Waals surface area contributed by atoms with Crippen molar-refractivity contribution < 1.29 is 19.1 Å². The third-order valence-corrected chi connectivity index (χ3v) is 4.55. The average molecular weight is 427 g/mol. The lowest BCUT2D eigenvalue weighted by atomic mass is 10.1. The topological polar surface area (TPSA) is 52.6 Å². The van der Waals surface area contributed by atoms with Crippen molar-refractivity contribution >= 4 is 38.6 Å². The number of ether oxygens (including phenoxy) is 2. The molecule has 0 bridgehead atoms. The van der Waals surface area contributed by atoms with Gasteiger partial charge in [-0.25, -0.2) is 0 Å². The molecule has 4 nitrogen and oxygen atoms in total. The Morgan fingerprint density at radius 1 is 0.815 bits per heavy atom. The number of rotatable bonds is 7. The Morgan fingerprint density at radius 3 is 2.30 bits per heavy atom. The second kappa shape index (κ2) is 9.33. The summed E-state index contributed by atoms with van der Waals surface area (Å²) in [6, 6.07) is 21.0. The number of hydrogen-bond donors (Lipinski definition) is 0. The third-order valence-electron chi connectivity index (χ3n) is 4.02. The predicted molar refractivity (Wildman–Crippen MR) is 107 cm³/mol. The van der Waals surface area contributed by atoms with Gasteiger partial charge >= 0.3 is 11.9 Å². The molecule has 0 N–H and O–H groups in total. The number of carbonyl (C=O) groups is 2. The van der Waals surface area contributed by atoms with Crippen molar-refractivity contribution in [2.75, 3.05) is 0 Å². The highest BCUT2D eigenvalue weighted by molar-refractivity contribution is 9.10. The van der Waals surface area contributed by atoms with E-state index in [0.29, 0.717) is 12.2 Å². The molecule has 0 radical (unpaired) electrons. The van der Waals surface area contributed by atoms with Gasteiger partial charge in [0.25, 0.3) is 0 Å². The molecular weight excluding hydrogens is 408 g/mol. The summed E-state index contributed by atoms with van der Waals surface area (Å²) in [6.45, 7) is 0.229. The molecule has 0 heterocycles. The van der Waals surface area contributed by atoms with E-state index in [1.54, 1.807) is 24.3 Å². The van der Waals surface area contributed by atoms with Crippen molar-refractivity contribution in [1.82, 2.24) is 0 Å². The van der Waals surface area contributed by atoms with Crippen LogP contribution in [0.5, 0.6) is 5.75 Å². The van der Waals surface area contributed by atoms with E-state index in [9.17, 15) is 9.59 Å². The fourth-order valence-corrected chi connectivity index (χ4v) is 2.89. The summed E-state index contributed by atoms with van der Waals surface area (Å²) in [6.07, 6.45) is 0.746. The Hall–Kier alpha value is -2.66. The van der Waals surface area contributed by atoms with Crippen LogP contribution in [0.3, 0.4) is 0 Å². The fraction of sp³-hybridized carbons (Fsp3) is 0.182. The first kappa shape index (κ1) is 19.1. The molecule has 0 fully saturated rings. The quantitative estimate of drug-likeness (QED) is 0.373. The van der Waals surface area contributed by atoms with Gasteiger partial charge in [0.2, 0.25) is 0 Å². The summed E-state index contributed by atoms with van der Waals surface area (Å²) < 4.78 is 11.4. The Morgan fingerprint density at radius 2 is 1.52 bits per heavy atom. The molecule has 0 aliphatic rings. The van der Waals surface area contributed by atoms with Crippen LogP contribution in [-0.4, -0.2) is 11.9 Å². The summed E-state index contributed by atoms with van der Waals surface area (Å²) in [5.74, 6) is -0.193. The highest BCUT2D eigenvalue weighted by Crippen LogP contribution is 2.18. The van der Waals surface area contributed by atoms with Crippen molar-refractivity contribution in [3.05, 3.63) is 76.8 Å². The molecule has 3 rings (SSSR count). The van der Waals surface area contributed by atoms with E-state index in [2.05, 4.69) is 15.9 Å². The van der Waals surface area contributed by atoms with E-state index in [4.69, 9.17) is 9.47 Å². The molecule has 0 amide bonds. The summed E-state index contributed by atoms with van der Waals surface area (Å²) in [5.41, 5.74) is 0.941. The molecule has 138 valence electrons. The summed E-state index contributed by atoms with van der Waals surface area (Å²) in [4.78, 5) is 23.7. The van der Waals surface area contributed by atoms with E-state index in [0.717, 1.165) is 20.8 Å². The molecule has 3 aromatic carbocycles. The van der Waals surface area contributed by atoms with Crippen LogP contribution in [0.1, 0.15) is 24.8 Å². The minimum atomic E-state index is -0.361. The van der Waals surface area contributed by atoms with Crippen molar-refractivity contribution in [2.24, 2.45) is 0 Å². The fourth-order valence-electron chi connectivity index (χ4n) is 2.63. The number of carbonyl (C=O) groups excluding carboxylic acids is 2. The van der Waals surface area contributed by atoms with Crippen LogP contribution in [-0.2, 0) is 20.9 Å². The number of fused-ring (bicyclic) bond motifs is 1. The normalized spacial score (nSPS) is 10.6. The van der Waals surface area contributed by atoms with Gasteiger partial charge in [-0.15, -0.1) is 0 Å². The summed E-state index contributed by atoms with van der Waals surface area (Å²) in [7, 11) is 0. The van der Waals surface area contributed by atoms with Crippen LogP contribution in [0.4, 0.5) is 0 Å². The number of hydrogen-bond acceptors (Lipinski definition) is 4. The maximum atomic E-state index is 11.9. The van der Waals surface area contributed by atoms with Crippen LogP contribution < -0.4 is 4.74 Å². The van der Waals surface area contributed by atoms with Gasteiger partial charge in [0, 0.05) is 17.3 Å². The monoisotopic (exact) mass is 426 g/mol. The molecule has 0 aliphatic heterocycles. The number of benzene rings is 3. The maximum absolute atomic E-state index is 11.9. The van der Waals surface area contributed by atoms with Crippen molar-refractivity contribution in [1.29, 1.82) is 0 Å². The maximum Gasteiger partial charge on any atom is 0.311 e. The van der Waals surface area contributed by atoms with Crippen molar-refractivity contribution in [2.45, 2.75) is 25.9 Å². The van der Waals surface area contributed by atoms with Crippen LogP contribution in [0.2, 0.25) is 0 Å². The second-order valence-corrected chi connectivity index (χ2v) is 7.04. The summed E-state index contributed by atoms with van der Waals surface area (Å²) in [5, 5.41) is 2.26. The van der Waals surface area contributed by atoms with E-state index < -0.39 is 0 Å². The molecular formula is C22H19BrO4. The smallest absolute Gasteiger partial charge is 0.311 e. The zero-order chi connectivity index (χ0) is 19.1. The summed E-state index contributed by atoms with van der Waals surface area (Å²) >= 11 is 3.32. The lowest BCUT2D eigenvalue weighted by Gasteiger charge is -2.07. The molecule has 27 heavy (non-hydrogen) atoms. The Balaban J connectivity index is 1.38. The van der Waals surface area contributed by atoms with Crippen LogP contribution in [0.25, 0.3) is 10.8 Å².